The van der Waals surface area contributed by atoms with Crippen LogP contribution in [0.15, 0.2) is 75.9 Å². The molecule has 0 amide bonds. The molecule has 1 heterocycles. The third-order valence-corrected chi connectivity index (χ3v) is 5.04. The van der Waals surface area contributed by atoms with E-state index in [0.29, 0.717) is 16.9 Å². The Kier molecular flexibility index (Phi) is 6.45. The Hall–Kier alpha value is -4.39. The average molecular weight is 458 g/mol. The Morgan fingerprint density at radius 3 is 2.29 bits per heavy atom. The summed E-state index contributed by atoms with van der Waals surface area (Å²) in [5, 5.41) is 0.277. The fourth-order valence-corrected chi connectivity index (χ4v) is 3.38. The molecule has 34 heavy (non-hydrogen) atoms. The summed E-state index contributed by atoms with van der Waals surface area (Å²) in [6.45, 7) is 5.50. The highest BCUT2D eigenvalue weighted by Gasteiger charge is 2.16. The highest BCUT2D eigenvalue weighted by molar-refractivity contribution is 5.92. The monoisotopic (exact) mass is 458 g/mol. The van der Waals surface area contributed by atoms with E-state index in [0.717, 1.165) is 5.56 Å². The molecule has 4 aromatic rings. The standard InChI is InChI=1S/C27H22O7/c1-4-31-26(29)18-8-10-20(11-9-18)33-25-17(3)32-23-15-21(12-13-22(23)24(25)28)34-27(30)19-7-5-6-16(2)14-19/h5-15H,4H2,1-3H3. The van der Waals surface area contributed by atoms with Gasteiger partial charge in [0.1, 0.15) is 22.8 Å². The molecule has 0 aliphatic carbocycles. The molecule has 0 saturated carbocycles. The molecule has 4 rings (SSSR count). The summed E-state index contributed by atoms with van der Waals surface area (Å²) in [6, 6.07) is 17.9. The van der Waals surface area contributed by atoms with Crippen molar-refractivity contribution in [3.8, 4) is 17.2 Å². The predicted octanol–water partition coefficient (Wildman–Crippen LogP) is 5.60. The van der Waals surface area contributed by atoms with Gasteiger partial charge in [0.15, 0.2) is 0 Å². The van der Waals surface area contributed by atoms with E-state index in [-0.39, 0.29) is 40.3 Å². The van der Waals surface area contributed by atoms with Crippen LogP contribution < -0.4 is 14.9 Å². The minimum absolute atomic E-state index is 0.0286. The maximum absolute atomic E-state index is 13.0. The van der Waals surface area contributed by atoms with Crippen molar-refractivity contribution in [3.63, 3.8) is 0 Å². The van der Waals surface area contributed by atoms with Gasteiger partial charge in [-0.2, -0.15) is 0 Å². The second-order valence-corrected chi connectivity index (χ2v) is 7.58. The van der Waals surface area contributed by atoms with E-state index in [1.807, 2.05) is 13.0 Å². The van der Waals surface area contributed by atoms with E-state index in [9.17, 15) is 14.4 Å². The van der Waals surface area contributed by atoms with Crippen LogP contribution in [0.3, 0.4) is 0 Å². The Labute approximate surface area is 195 Å². The van der Waals surface area contributed by atoms with Crippen molar-refractivity contribution < 1.29 is 28.2 Å². The van der Waals surface area contributed by atoms with Crippen molar-refractivity contribution in [2.45, 2.75) is 20.8 Å². The lowest BCUT2D eigenvalue weighted by atomic mass is 10.1. The number of hydrogen-bond acceptors (Lipinski definition) is 7. The van der Waals surface area contributed by atoms with Gasteiger partial charge < -0.3 is 18.6 Å². The average Bonchev–Trinajstić information content (AvgIpc) is 2.82. The zero-order valence-electron chi connectivity index (χ0n) is 18.9. The number of fused-ring (bicyclic) bond motifs is 1. The minimum atomic E-state index is -0.506. The molecule has 0 saturated heterocycles. The number of carbonyl (C=O) groups excluding carboxylic acids is 2. The van der Waals surface area contributed by atoms with Gasteiger partial charge in [0.05, 0.1) is 23.1 Å². The van der Waals surface area contributed by atoms with Crippen LogP contribution in [0.1, 0.15) is 39.0 Å². The highest BCUT2D eigenvalue weighted by atomic mass is 16.5. The van der Waals surface area contributed by atoms with Gasteiger partial charge in [-0.3, -0.25) is 4.79 Å². The molecule has 3 aromatic carbocycles. The SMILES string of the molecule is CCOC(=O)c1ccc(Oc2c(C)oc3cc(OC(=O)c4cccc(C)c4)ccc3c2=O)cc1. The molecule has 0 aliphatic rings. The Balaban J connectivity index is 1.58. The maximum Gasteiger partial charge on any atom is 0.343 e. The summed E-state index contributed by atoms with van der Waals surface area (Å²) >= 11 is 0. The van der Waals surface area contributed by atoms with Gasteiger partial charge in [0.25, 0.3) is 0 Å². The van der Waals surface area contributed by atoms with Crippen LogP contribution in [0.25, 0.3) is 11.0 Å². The molecule has 0 bridgehead atoms. The summed E-state index contributed by atoms with van der Waals surface area (Å²) in [6.07, 6.45) is 0. The molecule has 0 N–H and O–H groups in total. The summed E-state index contributed by atoms with van der Waals surface area (Å²) in [5.74, 6) is -0.0333. The van der Waals surface area contributed by atoms with Crippen molar-refractivity contribution in [3.05, 3.63) is 99.4 Å². The molecule has 7 nitrogen and oxygen atoms in total. The highest BCUT2D eigenvalue weighted by Crippen LogP contribution is 2.28. The van der Waals surface area contributed by atoms with Gasteiger partial charge >= 0.3 is 11.9 Å². The first-order valence-corrected chi connectivity index (χ1v) is 10.7. The van der Waals surface area contributed by atoms with Crippen molar-refractivity contribution >= 4 is 22.9 Å². The Morgan fingerprint density at radius 1 is 0.853 bits per heavy atom. The first-order chi connectivity index (χ1) is 16.4. The fraction of sp³-hybridized carbons (Fsp3) is 0.148. The quantitative estimate of drug-likeness (QED) is 0.274. The second kappa shape index (κ2) is 9.62. The third kappa shape index (κ3) is 4.83. The molecule has 0 spiro atoms. The van der Waals surface area contributed by atoms with Crippen LogP contribution in [0.4, 0.5) is 0 Å². The lowest BCUT2D eigenvalue weighted by Crippen LogP contribution is -2.10. The Morgan fingerprint density at radius 2 is 1.59 bits per heavy atom. The van der Waals surface area contributed by atoms with Crippen LogP contribution in [-0.4, -0.2) is 18.5 Å². The number of carbonyl (C=O) groups is 2. The molecule has 172 valence electrons. The van der Waals surface area contributed by atoms with Gasteiger partial charge in [-0.1, -0.05) is 17.7 Å². The number of aryl methyl sites for hydroxylation is 2. The summed E-state index contributed by atoms with van der Waals surface area (Å²) in [4.78, 5) is 37.3. The number of benzene rings is 3. The molecule has 0 aliphatic heterocycles. The van der Waals surface area contributed by atoms with Gasteiger partial charge in [-0.25, -0.2) is 9.59 Å². The van der Waals surface area contributed by atoms with Gasteiger partial charge in [0.2, 0.25) is 11.2 Å². The van der Waals surface area contributed by atoms with Gasteiger partial charge in [-0.15, -0.1) is 0 Å². The number of hydrogen-bond donors (Lipinski definition) is 0. The topological polar surface area (TPSA) is 92.0 Å². The molecule has 0 radical (unpaired) electrons. The van der Waals surface area contributed by atoms with Crippen molar-refractivity contribution in [1.29, 1.82) is 0 Å². The lowest BCUT2D eigenvalue weighted by molar-refractivity contribution is 0.0526. The van der Waals surface area contributed by atoms with Crippen LogP contribution in [0.2, 0.25) is 0 Å². The number of rotatable bonds is 6. The number of esters is 2. The van der Waals surface area contributed by atoms with Crippen LogP contribution in [0, 0.1) is 13.8 Å². The molecule has 0 unspecified atom stereocenters. The van der Waals surface area contributed by atoms with Crippen molar-refractivity contribution in [2.24, 2.45) is 0 Å². The van der Waals surface area contributed by atoms with Crippen LogP contribution in [0.5, 0.6) is 17.2 Å². The minimum Gasteiger partial charge on any atom is -0.462 e. The molecule has 1 aromatic heterocycles. The van der Waals surface area contributed by atoms with E-state index in [1.165, 1.54) is 18.2 Å². The molecule has 7 heteroatoms. The lowest BCUT2D eigenvalue weighted by Gasteiger charge is -2.10. The van der Waals surface area contributed by atoms with E-state index in [2.05, 4.69) is 0 Å². The van der Waals surface area contributed by atoms with Crippen molar-refractivity contribution in [1.82, 2.24) is 0 Å². The van der Waals surface area contributed by atoms with Crippen molar-refractivity contribution in [2.75, 3.05) is 6.61 Å². The van der Waals surface area contributed by atoms with E-state index >= 15 is 0 Å². The number of ether oxygens (including phenoxy) is 3. The Bertz CT molecular complexity index is 1430. The first kappa shape index (κ1) is 22.8. The smallest absolute Gasteiger partial charge is 0.343 e. The van der Waals surface area contributed by atoms with Crippen LogP contribution in [-0.2, 0) is 4.74 Å². The zero-order valence-corrected chi connectivity index (χ0v) is 18.9. The summed E-state index contributed by atoms with van der Waals surface area (Å²) in [7, 11) is 0. The zero-order chi connectivity index (χ0) is 24.2. The van der Waals surface area contributed by atoms with E-state index in [4.69, 9.17) is 18.6 Å². The molecule has 0 atom stereocenters. The van der Waals surface area contributed by atoms with E-state index < -0.39 is 11.9 Å². The maximum atomic E-state index is 13.0. The largest absolute Gasteiger partial charge is 0.462 e. The second-order valence-electron chi connectivity index (χ2n) is 7.58. The third-order valence-electron chi connectivity index (χ3n) is 5.04. The first-order valence-electron chi connectivity index (χ1n) is 10.7. The normalized spacial score (nSPS) is 10.7. The van der Waals surface area contributed by atoms with E-state index in [1.54, 1.807) is 56.3 Å². The predicted molar refractivity (Wildman–Crippen MR) is 126 cm³/mol. The van der Waals surface area contributed by atoms with Gasteiger partial charge in [0, 0.05) is 6.07 Å². The fourth-order valence-electron chi connectivity index (χ4n) is 3.38. The van der Waals surface area contributed by atoms with Crippen LogP contribution >= 0.6 is 0 Å². The summed E-state index contributed by atoms with van der Waals surface area (Å²) in [5.41, 5.74) is 1.64. The van der Waals surface area contributed by atoms with Gasteiger partial charge in [-0.05, 0) is 69.3 Å². The molecular weight excluding hydrogens is 436 g/mol. The molecule has 0 fully saturated rings. The molecular formula is C27H22O7. The summed E-state index contributed by atoms with van der Waals surface area (Å²) < 4.78 is 22.0.